The van der Waals surface area contributed by atoms with Crippen LogP contribution in [0.2, 0.25) is 0 Å². The van der Waals surface area contributed by atoms with E-state index in [1.807, 2.05) is 0 Å². The maximum atomic E-state index is 11.1. The van der Waals surface area contributed by atoms with E-state index in [9.17, 15) is 4.79 Å². The number of hydrogen-bond donors (Lipinski definition) is 1. The molecule has 1 spiro atoms. The van der Waals surface area contributed by atoms with Gasteiger partial charge in [0.05, 0.1) is 0 Å². The Morgan fingerprint density at radius 2 is 2.00 bits per heavy atom. The van der Waals surface area contributed by atoms with Gasteiger partial charge in [0.2, 0.25) is 5.91 Å². The molecule has 13 heavy (non-hydrogen) atoms. The first-order chi connectivity index (χ1) is 6.02. The molecule has 1 N–H and O–H groups in total. The minimum Gasteiger partial charge on any atom is -0.356 e. The predicted molar refractivity (Wildman–Crippen MR) is 52.3 cm³/mol. The van der Waals surface area contributed by atoms with Gasteiger partial charge in [0.15, 0.2) is 0 Å². The van der Waals surface area contributed by atoms with Crippen LogP contribution in [0.15, 0.2) is 0 Å². The van der Waals surface area contributed by atoms with Gasteiger partial charge in [-0.1, -0.05) is 13.8 Å². The van der Waals surface area contributed by atoms with E-state index in [-0.39, 0.29) is 5.91 Å². The molecule has 74 valence electrons. The predicted octanol–water partition coefficient (Wildman–Crippen LogP) is 2.09. The Bertz CT molecular complexity index is 222. The molecule has 2 rings (SSSR count). The molecule has 0 aromatic heterocycles. The van der Waals surface area contributed by atoms with Crippen molar-refractivity contribution in [1.29, 1.82) is 0 Å². The Labute approximate surface area is 80.1 Å². The Morgan fingerprint density at radius 3 is 2.46 bits per heavy atom. The summed E-state index contributed by atoms with van der Waals surface area (Å²) in [6.45, 7) is 5.62. The molecule has 1 amide bonds. The van der Waals surface area contributed by atoms with Crippen LogP contribution in [0.4, 0.5) is 0 Å². The molecular weight excluding hydrogens is 162 g/mol. The third-order valence-corrected chi connectivity index (χ3v) is 3.73. The van der Waals surface area contributed by atoms with Gasteiger partial charge in [-0.05, 0) is 36.5 Å². The number of amides is 1. The van der Waals surface area contributed by atoms with E-state index in [2.05, 4.69) is 19.2 Å². The average molecular weight is 181 g/mol. The molecule has 1 saturated carbocycles. The fourth-order valence-corrected chi connectivity index (χ4v) is 3.00. The van der Waals surface area contributed by atoms with Crippen LogP contribution in [0.1, 0.15) is 46.0 Å². The van der Waals surface area contributed by atoms with Gasteiger partial charge in [-0.25, -0.2) is 0 Å². The number of hydrogen-bond acceptors (Lipinski definition) is 1. The summed E-state index contributed by atoms with van der Waals surface area (Å²) in [7, 11) is 0. The smallest absolute Gasteiger partial charge is 0.220 e. The molecule has 1 heterocycles. The molecule has 1 aliphatic heterocycles. The van der Waals surface area contributed by atoms with Crippen molar-refractivity contribution in [3.05, 3.63) is 0 Å². The van der Waals surface area contributed by atoms with Crippen molar-refractivity contribution in [2.24, 2.45) is 10.8 Å². The lowest BCUT2D eigenvalue weighted by molar-refractivity contribution is -0.124. The zero-order chi connectivity index (χ0) is 9.53. The first-order valence-electron chi connectivity index (χ1n) is 5.28. The molecule has 1 aliphatic carbocycles. The highest BCUT2D eigenvalue weighted by Crippen LogP contribution is 2.51. The maximum Gasteiger partial charge on any atom is 0.220 e. The fourth-order valence-electron chi connectivity index (χ4n) is 3.00. The molecule has 0 radical (unpaired) electrons. The second-order valence-corrected chi connectivity index (χ2v) is 5.62. The topological polar surface area (TPSA) is 29.1 Å². The van der Waals surface area contributed by atoms with E-state index in [0.717, 1.165) is 19.4 Å². The van der Waals surface area contributed by atoms with Crippen molar-refractivity contribution in [3.8, 4) is 0 Å². The molecule has 0 aromatic rings. The fraction of sp³-hybridized carbons (Fsp3) is 0.909. The summed E-state index contributed by atoms with van der Waals surface area (Å²) in [6, 6.07) is 0. The lowest BCUT2D eigenvalue weighted by Crippen LogP contribution is -2.42. The van der Waals surface area contributed by atoms with E-state index in [4.69, 9.17) is 0 Å². The van der Waals surface area contributed by atoms with Crippen LogP contribution >= 0.6 is 0 Å². The van der Waals surface area contributed by atoms with Gasteiger partial charge < -0.3 is 5.32 Å². The number of rotatable bonds is 0. The summed E-state index contributed by atoms with van der Waals surface area (Å²) in [5, 5.41) is 3.01. The van der Waals surface area contributed by atoms with Gasteiger partial charge in [-0.2, -0.15) is 0 Å². The molecular formula is C11H19NO. The molecule has 1 saturated heterocycles. The first-order valence-corrected chi connectivity index (χ1v) is 5.28. The summed E-state index contributed by atoms with van der Waals surface area (Å²) in [5.41, 5.74) is 0.958. The summed E-state index contributed by atoms with van der Waals surface area (Å²) < 4.78 is 0. The second-order valence-electron chi connectivity index (χ2n) is 5.62. The Kier molecular flexibility index (Phi) is 1.90. The number of nitrogens with one attached hydrogen (secondary N) is 1. The van der Waals surface area contributed by atoms with Gasteiger partial charge in [-0.3, -0.25) is 4.79 Å². The SMILES string of the molecule is CC1(C)CCC2(CCC(=O)NC2)C1. The summed E-state index contributed by atoms with van der Waals surface area (Å²) >= 11 is 0. The van der Waals surface area contributed by atoms with Gasteiger partial charge >= 0.3 is 0 Å². The lowest BCUT2D eigenvalue weighted by Gasteiger charge is -2.34. The second kappa shape index (κ2) is 2.73. The molecule has 2 heteroatoms. The number of carbonyl (C=O) groups is 1. The van der Waals surface area contributed by atoms with Gasteiger partial charge in [0.1, 0.15) is 0 Å². The van der Waals surface area contributed by atoms with Crippen LogP contribution in [-0.4, -0.2) is 12.5 Å². The molecule has 1 unspecified atom stereocenters. The molecule has 2 aliphatic rings. The van der Waals surface area contributed by atoms with Crippen LogP contribution in [0.25, 0.3) is 0 Å². The highest BCUT2D eigenvalue weighted by Gasteiger charge is 2.44. The molecule has 2 nitrogen and oxygen atoms in total. The van der Waals surface area contributed by atoms with Crippen LogP contribution in [-0.2, 0) is 4.79 Å². The Balaban J connectivity index is 2.04. The number of piperidine rings is 1. The molecule has 0 aromatic carbocycles. The van der Waals surface area contributed by atoms with Crippen molar-refractivity contribution < 1.29 is 4.79 Å². The first kappa shape index (κ1) is 9.04. The van der Waals surface area contributed by atoms with E-state index >= 15 is 0 Å². The van der Waals surface area contributed by atoms with Crippen molar-refractivity contribution in [2.45, 2.75) is 46.0 Å². The van der Waals surface area contributed by atoms with Gasteiger partial charge in [-0.15, -0.1) is 0 Å². The van der Waals surface area contributed by atoms with Gasteiger partial charge in [0, 0.05) is 13.0 Å². The monoisotopic (exact) mass is 181 g/mol. The minimum absolute atomic E-state index is 0.246. The largest absolute Gasteiger partial charge is 0.356 e. The highest BCUT2D eigenvalue weighted by atomic mass is 16.1. The van der Waals surface area contributed by atoms with Crippen LogP contribution in [0, 0.1) is 10.8 Å². The highest BCUT2D eigenvalue weighted by molar-refractivity contribution is 5.76. The van der Waals surface area contributed by atoms with E-state index in [0.29, 0.717) is 10.8 Å². The van der Waals surface area contributed by atoms with Crippen molar-refractivity contribution in [1.82, 2.24) is 5.32 Å². The molecule has 0 bridgehead atoms. The van der Waals surface area contributed by atoms with Crippen LogP contribution < -0.4 is 5.32 Å². The van der Waals surface area contributed by atoms with E-state index < -0.39 is 0 Å². The zero-order valence-electron chi connectivity index (χ0n) is 8.65. The summed E-state index contributed by atoms with van der Waals surface area (Å²) in [4.78, 5) is 11.1. The maximum absolute atomic E-state index is 11.1. The molecule has 2 fully saturated rings. The van der Waals surface area contributed by atoms with E-state index in [1.54, 1.807) is 0 Å². The summed E-state index contributed by atoms with van der Waals surface area (Å²) in [5.74, 6) is 0.246. The Morgan fingerprint density at radius 1 is 1.23 bits per heavy atom. The Hall–Kier alpha value is -0.530. The van der Waals surface area contributed by atoms with Crippen LogP contribution in [0.5, 0.6) is 0 Å². The normalized spacial score (nSPS) is 37.8. The van der Waals surface area contributed by atoms with Crippen LogP contribution in [0.3, 0.4) is 0 Å². The molecule has 1 atom stereocenters. The third kappa shape index (κ3) is 1.72. The van der Waals surface area contributed by atoms with Crippen molar-refractivity contribution in [2.75, 3.05) is 6.54 Å². The quantitative estimate of drug-likeness (QED) is 0.609. The van der Waals surface area contributed by atoms with E-state index in [1.165, 1.54) is 19.3 Å². The van der Waals surface area contributed by atoms with Crippen molar-refractivity contribution >= 4 is 5.91 Å². The summed E-state index contributed by atoms with van der Waals surface area (Å²) in [6.07, 6.45) is 5.78. The standard InChI is InChI=1S/C11H19NO/c1-10(2)5-6-11(7-10)4-3-9(13)12-8-11/h3-8H2,1-2H3,(H,12,13). The number of carbonyl (C=O) groups excluding carboxylic acids is 1. The average Bonchev–Trinajstić information content (AvgIpc) is 2.35. The van der Waals surface area contributed by atoms with Gasteiger partial charge in [0.25, 0.3) is 0 Å². The lowest BCUT2D eigenvalue weighted by atomic mass is 9.76. The van der Waals surface area contributed by atoms with Crippen molar-refractivity contribution in [3.63, 3.8) is 0 Å². The zero-order valence-corrected chi connectivity index (χ0v) is 8.65. The third-order valence-electron chi connectivity index (χ3n) is 3.73. The minimum atomic E-state index is 0.246.